The molecule has 0 saturated carbocycles. The van der Waals surface area contributed by atoms with Crippen molar-refractivity contribution < 1.29 is 14.9 Å². The van der Waals surface area contributed by atoms with Gasteiger partial charge in [0.2, 0.25) is 5.90 Å². The molecule has 0 saturated heterocycles. The van der Waals surface area contributed by atoms with E-state index in [1.807, 2.05) is 0 Å². The summed E-state index contributed by atoms with van der Waals surface area (Å²) in [4.78, 5) is 9.33. The van der Waals surface area contributed by atoms with Crippen LogP contribution in [0.2, 0.25) is 25.2 Å². The van der Waals surface area contributed by atoms with Crippen molar-refractivity contribution in [1.29, 1.82) is 0 Å². The minimum atomic E-state index is -1.54. The first-order valence-corrected chi connectivity index (χ1v) is 10.7. The van der Waals surface area contributed by atoms with Crippen LogP contribution in [0.15, 0.2) is 9.98 Å². The smallest absolute Gasteiger partial charge is 0.208 e. The van der Waals surface area contributed by atoms with Crippen molar-refractivity contribution in [2.45, 2.75) is 51.1 Å². The molecule has 0 aromatic heterocycles. The fraction of sp³-hybridized carbons (Fsp3) is 0.857. The largest absolute Gasteiger partial charge is 0.483 e. The highest BCUT2D eigenvalue weighted by Crippen LogP contribution is 2.24. The van der Waals surface area contributed by atoms with Crippen LogP contribution in [0.5, 0.6) is 0 Å². The van der Waals surface area contributed by atoms with Gasteiger partial charge < -0.3 is 14.9 Å². The van der Waals surface area contributed by atoms with E-state index < -0.39 is 8.07 Å². The molecule has 0 aromatic carbocycles. The second-order valence-electron chi connectivity index (χ2n) is 6.50. The first kappa shape index (κ1) is 17.3. The highest BCUT2D eigenvalue weighted by atomic mass is 28.3. The first-order chi connectivity index (χ1) is 9.34. The molecule has 2 N–H and O–H groups in total. The van der Waals surface area contributed by atoms with Crippen molar-refractivity contribution in [3.8, 4) is 0 Å². The molecule has 0 unspecified atom stereocenters. The van der Waals surface area contributed by atoms with Crippen molar-refractivity contribution in [2.24, 2.45) is 15.9 Å². The van der Waals surface area contributed by atoms with Crippen LogP contribution >= 0.6 is 0 Å². The van der Waals surface area contributed by atoms with Crippen LogP contribution < -0.4 is 0 Å². The molecule has 0 radical (unpaired) electrons. The quantitative estimate of drug-likeness (QED) is 0.731. The van der Waals surface area contributed by atoms with Gasteiger partial charge in [-0.05, 0) is 18.0 Å². The Morgan fingerprint density at radius 1 is 1.25 bits per heavy atom. The summed E-state index contributed by atoms with van der Waals surface area (Å²) in [6, 6.07) is 1.53. The molecule has 0 bridgehead atoms. The van der Waals surface area contributed by atoms with Crippen molar-refractivity contribution >= 4 is 19.7 Å². The van der Waals surface area contributed by atoms with Gasteiger partial charge in [0.05, 0.1) is 33.5 Å². The Morgan fingerprint density at radius 3 is 2.35 bits per heavy atom. The average molecular weight is 300 g/mol. The van der Waals surface area contributed by atoms with Crippen LogP contribution in [0.1, 0.15) is 13.8 Å². The molecule has 1 rings (SSSR count). The van der Waals surface area contributed by atoms with Crippen molar-refractivity contribution in [3.63, 3.8) is 0 Å². The summed E-state index contributed by atoms with van der Waals surface area (Å²) >= 11 is 0. The van der Waals surface area contributed by atoms with Crippen LogP contribution in [0.25, 0.3) is 0 Å². The van der Waals surface area contributed by atoms with Crippen molar-refractivity contribution in [1.82, 2.24) is 0 Å². The first-order valence-electron chi connectivity index (χ1n) is 7.24. The standard InChI is InChI=1S/C14H28N2O3Si/c1-10(2)13-11(8-18)15-12(14(16-13)19-3)9-20(4,5)7-6-17/h10,12-13,17-18H,6-9H2,1-5H3/t12-,13+/m0/s1. The Balaban J connectivity index is 2.95. The van der Waals surface area contributed by atoms with Gasteiger partial charge in [0.25, 0.3) is 0 Å². The van der Waals surface area contributed by atoms with Crippen LogP contribution in [-0.4, -0.2) is 62.3 Å². The number of aliphatic hydroxyl groups excluding tert-OH is 2. The maximum atomic E-state index is 9.52. The summed E-state index contributed by atoms with van der Waals surface area (Å²) in [6.07, 6.45) is 0. The van der Waals surface area contributed by atoms with Crippen LogP contribution in [0.3, 0.4) is 0 Å². The summed E-state index contributed by atoms with van der Waals surface area (Å²) in [6.45, 7) is 8.77. The van der Waals surface area contributed by atoms with Gasteiger partial charge in [0.1, 0.15) is 6.04 Å². The van der Waals surface area contributed by atoms with Crippen molar-refractivity contribution in [2.75, 3.05) is 20.3 Å². The molecule has 2 atom stereocenters. The molecule has 116 valence electrons. The van der Waals surface area contributed by atoms with Gasteiger partial charge >= 0.3 is 0 Å². The van der Waals surface area contributed by atoms with E-state index in [1.165, 1.54) is 0 Å². The number of hydrogen-bond acceptors (Lipinski definition) is 5. The fourth-order valence-electron chi connectivity index (χ4n) is 2.55. The molecular weight excluding hydrogens is 272 g/mol. The predicted octanol–water partition coefficient (Wildman–Crippen LogP) is 1.57. The third kappa shape index (κ3) is 4.39. The van der Waals surface area contributed by atoms with Gasteiger partial charge in [0.15, 0.2) is 0 Å². The number of rotatable bonds is 6. The minimum Gasteiger partial charge on any atom is -0.483 e. The average Bonchev–Trinajstić information content (AvgIpc) is 2.37. The van der Waals surface area contributed by atoms with Gasteiger partial charge in [0, 0.05) is 6.61 Å². The number of aliphatic imine (C=N–C) groups is 2. The Labute approximate surface area is 122 Å². The normalized spacial score (nSPS) is 23.6. The zero-order chi connectivity index (χ0) is 15.3. The molecule has 1 aliphatic heterocycles. The highest BCUT2D eigenvalue weighted by molar-refractivity contribution is 6.77. The van der Waals surface area contributed by atoms with E-state index in [9.17, 15) is 5.11 Å². The lowest BCUT2D eigenvalue weighted by atomic mass is 9.98. The molecule has 1 heterocycles. The summed E-state index contributed by atoms with van der Waals surface area (Å²) in [5.41, 5.74) is 0.750. The van der Waals surface area contributed by atoms with E-state index in [1.54, 1.807) is 7.11 Å². The minimum absolute atomic E-state index is 0.0537. The lowest BCUT2D eigenvalue weighted by molar-refractivity contribution is 0.316. The van der Waals surface area contributed by atoms with Gasteiger partial charge in [-0.3, -0.25) is 4.99 Å². The summed E-state index contributed by atoms with van der Waals surface area (Å²) < 4.78 is 5.42. The van der Waals surface area contributed by atoms with E-state index in [4.69, 9.17) is 9.84 Å². The molecule has 0 spiro atoms. The topological polar surface area (TPSA) is 74.4 Å². The third-order valence-corrected chi connectivity index (χ3v) is 6.82. The van der Waals surface area contributed by atoms with Gasteiger partial charge in [-0.2, -0.15) is 0 Å². The second kappa shape index (κ2) is 7.33. The summed E-state index contributed by atoms with van der Waals surface area (Å²) in [5, 5.41) is 18.7. The number of nitrogens with zero attached hydrogens (tertiary/aromatic N) is 2. The van der Waals surface area contributed by atoms with E-state index >= 15 is 0 Å². The van der Waals surface area contributed by atoms with E-state index in [0.717, 1.165) is 17.8 Å². The predicted molar refractivity (Wildman–Crippen MR) is 85.6 cm³/mol. The van der Waals surface area contributed by atoms with E-state index in [-0.39, 0.29) is 31.2 Å². The zero-order valence-corrected chi connectivity index (χ0v) is 14.3. The number of aliphatic hydroxyl groups is 2. The molecule has 0 aromatic rings. The van der Waals surface area contributed by atoms with Crippen LogP contribution in [0.4, 0.5) is 0 Å². The van der Waals surface area contributed by atoms with Gasteiger partial charge in [-0.15, -0.1) is 0 Å². The highest BCUT2D eigenvalue weighted by Gasteiger charge is 2.33. The molecule has 6 heteroatoms. The zero-order valence-electron chi connectivity index (χ0n) is 13.3. The maximum Gasteiger partial charge on any atom is 0.208 e. The van der Waals surface area contributed by atoms with Crippen LogP contribution in [-0.2, 0) is 4.74 Å². The van der Waals surface area contributed by atoms with E-state index in [2.05, 4.69) is 36.9 Å². The molecule has 0 amide bonds. The Hall–Kier alpha value is -0.723. The number of ether oxygens (including phenoxy) is 1. The molecule has 0 fully saturated rings. The summed E-state index contributed by atoms with van der Waals surface area (Å²) in [7, 11) is 0.0884. The Kier molecular flexibility index (Phi) is 6.35. The fourth-order valence-corrected chi connectivity index (χ4v) is 4.67. The number of methoxy groups -OCH3 is 1. The van der Waals surface area contributed by atoms with E-state index in [0.29, 0.717) is 5.90 Å². The maximum absolute atomic E-state index is 9.52. The van der Waals surface area contributed by atoms with Gasteiger partial charge in [-0.1, -0.05) is 26.9 Å². The monoisotopic (exact) mass is 300 g/mol. The molecule has 5 nitrogen and oxygen atoms in total. The second-order valence-corrected chi connectivity index (χ2v) is 11.7. The Morgan fingerprint density at radius 2 is 1.90 bits per heavy atom. The molecule has 20 heavy (non-hydrogen) atoms. The van der Waals surface area contributed by atoms with Gasteiger partial charge in [-0.25, -0.2) is 4.99 Å². The molecule has 0 aliphatic carbocycles. The summed E-state index contributed by atoms with van der Waals surface area (Å²) in [5.74, 6) is 0.953. The third-order valence-electron chi connectivity index (χ3n) is 3.75. The van der Waals surface area contributed by atoms with Crippen LogP contribution in [0, 0.1) is 5.92 Å². The lowest BCUT2D eigenvalue weighted by Gasteiger charge is -2.31. The van der Waals surface area contributed by atoms with Crippen molar-refractivity contribution in [3.05, 3.63) is 0 Å². The number of hydrogen-bond donors (Lipinski definition) is 2. The SMILES string of the molecule is COC1=N[C@H](C(C)C)C(CO)=N[C@H]1C[Si](C)(C)CCO. The molecule has 1 aliphatic rings. The lowest BCUT2D eigenvalue weighted by Crippen LogP contribution is -2.42. The molecular formula is C14H28N2O3Si. The Bertz CT molecular complexity index is 381.